The van der Waals surface area contributed by atoms with Crippen LogP contribution in [0.1, 0.15) is 0 Å². The molecule has 0 aliphatic rings. The second-order valence-electron chi connectivity index (χ2n) is 2.00. The highest BCUT2D eigenvalue weighted by Crippen LogP contribution is 2.28. The normalized spacial score (nSPS) is 9.82. The lowest BCUT2D eigenvalue weighted by molar-refractivity contribution is 0.621. The van der Waals surface area contributed by atoms with Gasteiger partial charge in [0.05, 0.1) is 10.2 Å². The Morgan fingerprint density at radius 1 is 1.36 bits per heavy atom. The fourth-order valence-electron chi connectivity index (χ4n) is 0.738. The van der Waals surface area contributed by atoms with Gasteiger partial charge in [-0.1, -0.05) is 15.9 Å². The van der Waals surface area contributed by atoms with E-state index in [0.29, 0.717) is 4.47 Å². The predicted molar refractivity (Wildman–Crippen MR) is 51.3 cm³/mol. The predicted octanol–water partition coefficient (Wildman–Crippen LogP) is 3.39. The van der Waals surface area contributed by atoms with E-state index < -0.39 is 0 Å². The lowest BCUT2D eigenvalue weighted by Crippen LogP contribution is -1.91. The maximum atomic E-state index is 12.9. The van der Waals surface area contributed by atoms with Crippen LogP contribution in [0, 0.1) is 5.82 Å². The fourth-order valence-corrected chi connectivity index (χ4v) is 1.59. The number of benzene rings is 1. The van der Waals surface area contributed by atoms with Gasteiger partial charge in [0, 0.05) is 11.5 Å². The molecule has 0 radical (unpaired) electrons. The summed E-state index contributed by atoms with van der Waals surface area (Å²) in [5.41, 5.74) is 0.733. The van der Waals surface area contributed by atoms with Crippen molar-refractivity contribution in [1.82, 2.24) is 0 Å². The maximum absolute atomic E-state index is 12.9. The molecule has 0 fully saturated rings. The summed E-state index contributed by atoms with van der Waals surface area (Å²) in [7, 11) is 1.74. The minimum absolute atomic E-state index is 0.274. The molecular formula is C7H6Br2FN. The van der Waals surface area contributed by atoms with Gasteiger partial charge in [0.1, 0.15) is 5.82 Å². The lowest BCUT2D eigenvalue weighted by Gasteiger charge is -2.04. The van der Waals surface area contributed by atoms with Crippen LogP contribution in [0.15, 0.2) is 21.1 Å². The van der Waals surface area contributed by atoms with Crippen LogP contribution in [0.25, 0.3) is 0 Å². The molecule has 0 atom stereocenters. The van der Waals surface area contributed by atoms with E-state index in [2.05, 4.69) is 37.2 Å². The van der Waals surface area contributed by atoms with Gasteiger partial charge in [-0.05, 0) is 28.1 Å². The standard InChI is InChI=1S/C7H6Br2FN/c1-11-6-3-4(8)2-5(10)7(6)9/h2-3,11H,1H3. The van der Waals surface area contributed by atoms with E-state index in [9.17, 15) is 4.39 Å². The van der Waals surface area contributed by atoms with E-state index in [-0.39, 0.29) is 5.82 Å². The first-order valence-corrected chi connectivity index (χ1v) is 4.56. The molecule has 4 heteroatoms. The van der Waals surface area contributed by atoms with Crippen molar-refractivity contribution in [1.29, 1.82) is 0 Å². The molecule has 0 aliphatic carbocycles. The first-order chi connectivity index (χ1) is 5.15. The molecule has 0 aromatic heterocycles. The third-order valence-electron chi connectivity index (χ3n) is 1.26. The average Bonchev–Trinajstić information content (AvgIpc) is 1.96. The van der Waals surface area contributed by atoms with Crippen molar-refractivity contribution in [2.45, 2.75) is 0 Å². The molecule has 1 rings (SSSR count). The molecule has 11 heavy (non-hydrogen) atoms. The summed E-state index contributed by atoms with van der Waals surface area (Å²) in [5.74, 6) is -0.274. The second-order valence-corrected chi connectivity index (χ2v) is 3.71. The van der Waals surface area contributed by atoms with Crippen molar-refractivity contribution >= 4 is 37.5 Å². The van der Waals surface area contributed by atoms with Gasteiger partial charge < -0.3 is 5.32 Å². The summed E-state index contributed by atoms with van der Waals surface area (Å²) in [4.78, 5) is 0. The summed E-state index contributed by atoms with van der Waals surface area (Å²) < 4.78 is 14.1. The number of halogens is 3. The van der Waals surface area contributed by atoms with E-state index in [1.54, 1.807) is 13.1 Å². The highest BCUT2D eigenvalue weighted by atomic mass is 79.9. The van der Waals surface area contributed by atoms with Crippen LogP contribution < -0.4 is 5.32 Å². The summed E-state index contributed by atoms with van der Waals surface area (Å²) in [5, 5.41) is 2.86. The Morgan fingerprint density at radius 3 is 2.55 bits per heavy atom. The Kier molecular flexibility index (Phi) is 2.90. The molecule has 0 aliphatic heterocycles. The monoisotopic (exact) mass is 281 g/mol. The van der Waals surface area contributed by atoms with Gasteiger partial charge >= 0.3 is 0 Å². The van der Waals surface area contributed by atoms with Crippen molar-refractivity contribution < 1.29 is 4.39 Å². The topological polar surface area (TPSA) is 12.0 Å². The molecule has 0 bridgehead atoms. The molecule has 1 aromatic carbocycles. The molecule has 0 spiro atoms. The molecular weight excluding hydrogens is 277 g/mol. The molecule has 1 aromatic rings. The largest absolute Gasteiger partial charge is 0.387 e. The third-order valence-corrected chi connectivity index (χ3v) is 2.53. The summed E-state index contributed by atoms with van der Waals surface area (Å²) in [6.07, 6.45) is 0. The summed E-state index contributed by atoms with van der Waals surface area (Å²) in [6, 6.07) is 3.21. The van der Waals surface area contributed by atoms with Gasteiger partial charge in [-0.3, -0.25) is 0 Å². The zero-order valence-electron chi connectivity index (χ0n) is 5.79. The van der Waals surface area contributed by atoms with Gasteiger partial charge in [-0.15, -0.1) is 0 Å². The Morgan fingerprint density at radius 2 is 2.00 bits per heavy atom. The maximum Gasteiger partial charge on any atom is 0.140 e. The number of hydrogen-bond donors (Lipinski definition) is 1. The average molecular weight is 283 g/mol. The highest BCUT2D eigenvalue weighted by Gasteiger charge is 2.04. The number of rotatable bonds is 1. The van der Waals surface area contributed by atoms with Crippen LogP contribution in [-0.4, -0.2) is 7.05 Å². The molecule has 0 saturated heterocycles. The van der Waals surface area contributed by atoms with Gasteiger partial charge in [0.2, 0.25) is 0 Å². The SMILES string of the molecule is CNc1cc(Br)cc(F)c1Br. The Labute approximate surface area is 81.2 Å². The first-order valence-electron chi connectivity index (χ1n) is 2.97. The number of anilines is 1. The van der Waals surface area contributed by atoms with E-state index in [4.69, 9.17) is 0 Å². The molecule has 0 heterocycles. The minimum atomic E-state index is -0.274. The molecule has 1 N–H and O–H groups in total. The van der Waals surface area contributed by atoms with Crippen LogP contribution in [0.3, 0.4) is 0 Å². The quantitative estimate of drug-likeness (QED) is 0.779. The van der Waals surface area contributed by atoms with Crippen molar-refractivity contribution in [3.63, 3.8) is 0 Å². The van der Waals surface area contributed by atoms with Gasteiger partial charge in [0.15, 0.2) is 0 Å². The van der Waals surface area contributed by atoms with Crippen LogP contribution in [-0.2, 0) is 0 Å². The zero-order valence-corrected chi connectivity index (χ0v) is 8.96. The van der Waals surface area contributed by atoms with E-state index >= 15 is 0 Å². The molecule has 0 unspecified atom stereocenters. The highest BCUT2D eigenvalue weighted by molar-refractivity contribution is 9.11. The van der Waals surface area contributed by atoms with E-state index in [1.165, 1.54) is 6.07 Å². The van der Waals surface area contributed by atoms with Gasteiger partial charge in [0.25, 0.3) is 0 Å². The molecule has 1 nitrogen and oxygen atoms in total. The van der Waals surface area contributed by atoms with Gasteiger partial charge in [-0.25, -0.2) is 4.39 Å². The molecule has 60 valence electrons. The number of hydrogen-bond acceptors (Lipinski definition) is 1. The van der Waals surface area contributed by atoms with Crippen molar-refractivity contribution in [3.8, 4) is 0 Å². The third kappa shape index (κ3) is 1.93. The number of nitrogens with one attached hydrogen (secondary N) is 1. The van der Waals surface area contributed by atoms with Crippen LogP contribution >= 0.6 is 31.9 Å². The van der Waals surface area contributed by atoms with Gasteiger partial charge in [-0.2, -0.15) is 0 Å². The van der Waals surface area contributed by atoms with E-state index in [1.807, 2.05) is 0 Å². The fraction of sp³-hybridized carbons (Fsp3) is 0.143. The van der Waals surface area contributed by atoms with Crippen molar-refractivity contribution in [2.24, 2.45) is 0 Å². The second kappa shape index (κ2) is 3.54. The van der Waals surface area contributed by atoms with Crippen molar-refractivity contribution in [3.05, 3.63) is 26.9 Å². The minimum Gasteiger partial charge on any atom is -0.387 e. The Bertz CT molecular complexity index is 275. The molecule has 0 saturated carbocycles. The Balaban J connectivity index is 3.24. The zero-order chi connectivity index (χ0) is 8.43. The lowest BCUT2D eigenvalue weighted by atomic mass is 10.3. The van der Waals surface area contributed by atoms with Crippen LogP contribution in [0.5, 0.6) is 0 Å². The smallest absolute Gasteiger partial charge is 0.140 e. The molecule has 0 amide bonds. The first kappa shape index (κ1) is 9.00. The van der Waals surface area contributed by atoms with Crippen LogP contribution in [0.2, 0.25) is 0 Å². The van der Waals surface area contributed by atoms with E-state index in [0.717, 1.165) is 10.2 Å². The van der Waals surface area contributed by atoms with Crippen molar-refractivity contribution in [2.75, 3.05) is 12.4 Å². The summed E-state index contributed by atoms with van der Waals surface area (Å²) >= 11 is 6.30. The Hall–Kier alpha value is -0.0900. The summed E-state index contributed by atoms with van der Waals surface area (Å²) in [6.45, 7) is 0. The van der Waals surface area contributed by atoms with Crippen LogP contribution in [0.4, 0.5) is 10.1 Å².